The quantitative estimate of drug-likeness (QED) is 0.752. The second kappa shape index (κ2) is 7.29. The van der Waals surface area contributed by atoms with Crippen molar-refractivity contribution in [2.75, 3.05) is 13.7 Å². The molecule has 1 saturated carbocycles. The minimum atomic E-state index is 0.346. The van der Waals surface area contributed by atoms with Crippen LogP contribution in [0, 0.1) is 11.8 Å². The van der Waals surface area contributed by atoms with Crippen molar-refractivity contribution in [3.8, 4) is 0 Å². The van der Waals surface area contributed by atoms with Gasteiger partial charge in [-0.15, -0.1) is 0 Å². The molecule has 0 aliphatic heterocycles. The Bertz CT molecular complexity index is 176. The van der Waals surface area contributed by atoms with E-state index < -0.39 is 0 Å². The van der Waals surface area contributed by atoms with Gasteiger partial charge >= 0.3 is 0 Å². The summed E-state index contributed by atoms with van der Waals surface area (Å²) in [7, 11) is 2.08. The summed E-state index contributed by atoms with van der Waals surface area (Å²) in [6.07, 6.45) is 7.29. The number of ether oxygens (including phenoxy) is 1. The molecule has 0 aromatic carbocycles. The Morgan fingerprint density at radius 3 is 2.25 bits per heavy atom. The molecule has 0 spiro atoms. The molecule has 1 N–H and O–H groups in total. The summed E-state index contributed by atoms with van der Waals surface area (Å²) in [6, 6.07) is 0.540. The van der Waals surface area contributed by atoms with E-state index in [1.807, 2.05) is 0 Å². The summed E-state index contributed by atoms with van der Waals surface area (Å²) in [5.74, 6) is 1.80. The zero-order valence-corrected chi connectivity index (χ0v) is 11.5. The molecule has 2 atom stereocenters. The van der Waals surface area contributed by atoms with Crippen LogP contribution in [-0.4, -0.2) is 25.8 Å². The van der Waals surface area contributed by atoms with E-state index in [2.05, 4.69) is 33.1 Å². The van der Waals surface area contributed by atoms with Crippen LogP contribution < -0.4 is 5.32 Å². The second-order valence-corrected chi connectivity index (χ2v) is 5.16. The molecule has 0 aromatic heterocycles. The fraction of sp³-hybridized carbons (Fsp3) is 1.00. The third-order valence-electron chi connectivity index (χ3n) is 4.25. The number of likely N-dealkylation sites (N-methyl/N-ethyl adjacent to an activating group) is 1. The van der Waals surface area contributed by atoms with Crippen LogP contribution in [0.2, 0.25) is 0 Å². The van der Waals surface area contributed by atoms with Gasteiger partial charge in [0.1, 0.15) is 0 Å². The van der Waals surface area contributed by atoms with Crippen molar-refractivity contribution in [1.82, 2.24) is 5.32 Å². The highest BCUT2D eigenvalue weighted by Gasteiger charge is 2.29. The molecule has 1 rings (SSSR count). The maximum Gasteiger partial charge on any atom is 0.0702 e. The third-order valence-corrected chi connectivity index (χ3v) is 4.25. The summed E-state index contributed by atoms with van der Waals surface area (Å²) in [5.41, 5.74) is 0. The van der Waals surface area contributed by atoms with E-state index in [1.54, 1.807) is 0 Å². The van der Waals surface area contributed by atoms with Gasteiger partial charge in [0.25, 0.3) is 0 Å². The zero-order chi connectivity index (χ0) is 12.0. The SMILES string of the molecule is CCOC(C)C(NC)C1CCC(CC)CC1. The summed E-state index contributed by atoms with van der Waals surface area (Å²) < 4.78 is 5.74. The van der Waals surface area contributed by atoms with Gasteiger partial charge < -0.3 is 10.1 Å². The Morgan fingerprint density at radius 2 is 1.81 bits per heavy atom. The molecule has 16 heavy (non-hydrogen) atoms. The smallest absolute Gasteiger partial charge is 0.0702 e. The van der Waals surface area contributed by atoms with Gasteiger partial charge in [-0.25, -0.2) is 0 Å². The van der Waals surface area contributed by atoms with Crippen molar-refractivity contribution in [2.24, 2.45) is 11.8 Å². The van der Waals surface area contributed by atoms with Crippen LogP contribution >= 0.6 is 0 Å². The summed E-state index contributed by atoms with van der Waals surface area (Å²) in [5, 5.41) is 3.46. The maximum atomic E-state index is 5.74. The molecule has 0 aromatic rings. The van der Waals surface area contributed by atoms with E-state index >= 15 is 0 Å². The monoisotopic (exact) mass is 227 g/mol. The van der Waals surface area contributed by atoms with E-state index in [9.17, 15) is 0 Å². The van der Waals surface area contributed by atoms with Gasteiger partial charge in [0.15, 0.2) is 0 Å². The predicted molar refractivity (Wildman–Crippen MR) is 69.7 cm³/mol. The van der Waals surface area contributed by atoms with Crippen molar-refractivity contribution in [3.05, 3.63) is 0 Å². The van der Waals surface area contributed by atoms with Crippen molar-refractivity contribution in [1.29, 1.82) is 0 Å². The van der Waals surface area contributed by atoms with Gasteiger partial charge in [0.2, 0.25) is 0 Å². The highest BCUT2D eigenvalue weighted by atomic mass is 16.5. The van der Waals surface area contributed by atoms with Crippen LogP contribution in [0.25, 0.3) is 0 Å². The van der Waals surface area contributed by atoms with Crippen LogP contribution in [0.1, 0.15) is 52.9 Å². The largest absolute Gasteiger partial charge is 0.377 e. The minimum absolute atomic E-state index is 0.346. The van der Waals surface area contributed by atoms with Gasteiger partial charge in [-0.05, 0) is 45.6 Å². The molecule has 2 heteroatoms. The molecule has 0 amide bonds. The molecule has 2 unspecified atom stereocenters. The molecule has 0 heterocycles. The number of rotatable bonds is 6. The molecule has 0 saturated heterocycles. The molecular weight excluding hydrogens is 198 g/mol. The molecule has 1 aliphatic carbocycles. The van der Waals surface area contributed by atoms with Crippen LogP contribution in [-0.2, 0) is 4.74 Å². The molecule has 1 aliphatic rings. The lowest BCUT2D eigenvalue weighted by Gasteiger charge is -2.36. The fourth-order valence-corrected chi connectivity index (χ4v) is 3.18. The Hall–Kier alpha value is -0.0800. The van der Waals surface area contributed by atoms with Crippen molar-refractivity contribution < 1.29 is 4.74 Å². The first-order chi connectivity index (χ1) is 7.72. The number of hydrogen-bond donors (Lipinski definition) is 1. The van der Waals surface area contributed by atoms with Gasteiger partial charge in [-0.2, -0.15) is 0 Å². The van der Waals surface area contributed by atoms with E-state index in [1.165, 1.54) is 32.1 Å². The standard InChI is InChI=1S/C14H29NO/c1-5-12-7-9-13(10-8-12)14(15-4)11(3)16-6-2/h11-15H,5-10H2,1-4H3. The predicted octanol–water partition coefficient (Wildman–Crippen LogP) is 3.22. The van der Waals surface area contributed by atoms with Gasteiger partial charge in [0.05, 0.1) is 6.10 Å². The third kappa shape index (κ3) is 3.74. The van der Waals surface area contributed by atoms with Crippen LogP contribution in [0.4, 0.5) is 0 Å². The van der Waals surface area contributed by atoms with Crippen LogP contribution in [0.3, 0.4) is 0 Å². The first-order valence-corrected chi connectivity index (χ1v) is 7.01. The zero-order valence-electron chi connectivity index (χ0n) is 11.5. The van der Waals surface area contributed by atoms with Gasteiger partial charge in [-0.1, -0.05) is 26.2 Å². The molecule has 0 radical (unpaired) electrons. The Labute approximate surface area is 101 Å². The summed E-state index contributed by atoms with van der Waals surface area (Å²) >= 11 is 0. The Kier molecular flexibility index (Phi) is 6.37. The van der Waals surface area contributed by atoms with Gasteiger partial charge in [0, 0.05) is 12.6 Å². The van der Waals surface area contributed by atoms with Crippen molar-refractivity contribution in [2.45, 2.75) is 65.0 Å². The normalized spacial score (nSPS) is 30.0. The maximum absolute atomic E-state index is 5.74. The fourth-order valence-electron chi connectivity index (χ4n) is 3.18. The average Bonchev–Trinajstić information content (AvgIpc) is 2.31. The minimum Gasteiger partial charge on any atom is -0.377 e. The van der Waals surface area contributed by atoms with Crippen molar-refractivity contribution >= 4 is 0 Å². The summed E-state index contributed by atoms with van der Waals surface area (Å²) in [4.78, 5) is 0. The number of hydrogen-bond acceptors (Lipinski definition) is 2. The van der Waals surface area contributed by atoms with E-state index in [4.69, 9.17) is 4.74 Å². The first kappa shape index (κ1) is 14.0. The van der Waals surface area contributed by atoms with E-state index in [-0.39, 0.29) is 0 Å². The molecule has 2 nitrogen and oxygen atoms in total. The van der Waals surface area contributed by atoms with Crippen LogP contribution in [0.5, 0.6) is 0 Å². The lowest BCUT2D eigenvalue weighted by molar-refractivity contribution is 0.0231. The van der Waals surface area contributed by atoms with Crippen molar-refractivity contribution in [3.63, 3.8) is 0 Å². The molecule has 0 bridgehead atoms. The lowest BCUT2D eigenvalue weighted by atomic mass is 9.76. The highest BCUT2D eigenvalue weighted by molar-refractivity contribution is 4.84. The van der Waals surface area contributed by atoms with E-state index in [0.29, 0.717) is 12.1 Å². The molecule has 1 fully saturated rings. The molecular formula is C14H29NO. The highest BCUT2D eigenvalue weighted by Crippen LogP contribution is 2.33. The second-order valence-electron chi connectivity index (χ2n) is 5.16. The number of nitrogens with one attached hydrogen (secondary N) is 1. The topological polar surface area (TPSA) is 21.3 Å². The first-order valence-electron chi connectivity index (χ1n) is 7.01. The lowest BCUT2D eigenvalue weighted by Crippen LogP contribution is -2.44. The van der Waals surface area contributed by atoms with Crippen LogP contribution in [0.15, 0.2) is 0 Å². The Morgan fingerprint density at radius 1 is 1.19 bits per heavy atom. The van der Waals surface area contributed by atoms with Gasteiger partial charge in [-0.3, -0.25) is 0 Å². The molecule has 96 valence electrons. The Balaban J connectivity index is 2.42. The van der Waals surface area contributed by atoms with E-state index in [0.717, 1.165) is 18.4 Å². The summed E-state index contributed by atoms with van der Waals surface area (Å²) in [6.45, 7) is 7.43. The average molecular weight is 227 g/mol.